The zero-order valence-electron chi connectivity index (χ0n) is 9.05. The SMILES string of the molecule is CC(CCN)Nc1ccc(S(N)(=O)=O)cn1. The summed E-state index contributed by atoms with van der Waals surface area (Å²) in [7, 11) is -3.67. The lowest BCUT2D eigenvalue weighted by Gasteiger charge is -2.13. The van der Waals surface area contributed by atoms with Crippen LogP contribution in [0.2, 0.25) is 0 Å². The Kier molecular flexibility index (Phi) is 4.22. The van der Waals surface area contributed by atoms with Crippen LogP contribution in [0.25, 0.3) is 0 Å². The second-order valence-corrected chi connectivity index (χ2v) is 5.11. The van der Waals surface area contributed by atoms with E-state index in [9.17, 15) is 8.42 Å². The molecule has 16 heavy (non-hydrogen) atoms. The summed E-state index contributed by atoms with van der Waals surface area (Å²) in [6, 6.07) is 3.19. The molecule has 0 bridgehead atoms. The van der Waals surface area contributed by atoms with Crippen molar-refractivity contribution in [2.75, 3.05) is 11.9 Å². The third-order valence-corrected chi connectivity index (χ3v) is 2.96. The van der Waals surface area contributed by atoms with Crippen molar-refractivity contribution in [2.45, 2.75) is 24.3 Å². The molecule has 6 nitrogen and oxygen atoms in total. The van der Waals surface area contributed by atoms with Gasteiger partial charge in [0.2, 0.25) is 10.0 Å². The van der Waals surface area contributed by atoms with Crippen LogP contribution >= 0.6 is 0 Å². The van der Waals surface area contributed by atoms with Gasteiger partial charge in [-0.2, -0.15) is 0 Å². The van der Waals surface area contributed by atoms with Gasteiger partial charge >= 0.3 is 0 Å². The summed E-state index contributed by atoms with van der Waals surface area (Å²) in [6.45, 7) is 2.56. The molecule has 5 N–H and O–H groups in total. The summed E-state index contributed by atoms with van der Waals surface area (Å²) < 4.78 is 21.9. The van der Waals surface area contributed by atoms with Crippen molar-refractivity contribution < 1.29 is 8.42 Å². The molecule has 0 radical (unpaired) electrons. The Balaban J connectivity index is 2.72. The third kappa shape index (κ3) is 3.76. The highest BCUT2D eigenvalue weighted by molar-refractivity contribution is 7.89. The molecular weight excluding hydrogens is 228 g/mol. The number of sulfonamides is 1. The van der Waals surface area contributed by atoms with Crippen LogP contribution in [0.3, 0.4) is 0 Å². The molecular formula is C9H16N4O2S. The first kappa shape index (κ1) is 12.9. The topological polar surface area (TPSA) is 111 Å². The van der Waals surface area contributed by atoms with Crippen LogP contribution in [0.4, 0.5) is 5.82 Å². The second-order valence-electron chi connectivity index (χ2n) is 3.55. The van der Waals surface area contributed by atoms with Gasteiger partial charge in [0.15, 0.2) is 0 Å². The van der Waals surface area contributed by atoms with E-state index in [4.69, 9.17) is 10.9 Å². The van der Waals surface area contributed by atoms with E-state index in [0.29, 0.717) is 12.4 Å². The van der Waals surface area contributed by atoms with Crippen LogP contribution < -0.4 is 16.2 Å². The van der Waals surface area contributed by atoms with Gasteiger partial charge in [-0.25, -0.2) is 18.5 Å². The Labute approximate surface area is 95.1 Å². The Bertz CT molecular complexity index is 429. The van der Waals surface area contributed by atoms with E-state index in [2.05, 4.69) is 10.3 Å². The van der Waals surface area contributed by atoms with Gasteiger partial charge in [0.25, 0.3) is 0 Å². The molecule has 0 aliphatic heterocycles. The number of anilines is 1. The minimum absolute atomic E-state index is 0.00419. The normalized spacial score (nSPS) is 13.4. The standard InChI is InChI=1S/C9H16N4O2S/c1-7(4-5-10)13-9-3-2-8(6-12-9)16(11,14)15/h2-3,6-7H,4-5,10H2,1H3,(H,12,13)(H2,11,14,15). The zero-order chi connectivity index (χ0) is 12.2. The van der Waals surface area contributed by atoms with Crippen LogP contribution in [-0.4, -0.2) is 26.0 Å². The molecule has 0 spiro atoms. The quantitative estimate of drug-likeness (QED) is 0.668. The first-order valence-electron chi connectivity index (χ1n) is 4.89. The molecule has 1 heterocycles. The molecule has 1 unspecified atom stereocenters. The number of rotatable bonds is 5. The number of primary sulfonamides is 1. The molecule has 1 aromatic heterocycles. The van der Waals surface area contributed by atoms with E-state index < -0.39 is 10.0 Å². The van der Waals surface area contributed by atoms with Crippen molar-refractivity contribution in [3.05, 3.63) is 18.3 Å². The lowest BCUT2D eigenvalue weighted by Crippen LogP contribution is -2.20. The second kappa shape index (κ2) is 5.24. The van der Waals surface area contributed by atoms with Gasteiger partial charge in [0.1, 0.15) is 10.7 Å². The van der Waals surface area contributed by atoms with Gasteiger partial charge in [0, 0.05) is 12.2 Å². The van der Waals surface area contributed by atoms with Crippen LogP contribution in [-0.2, 0) is 10.0 Å². The molecule has 1 aromatic rings. The van der Waals surface area contributed by atoms with E-state index in [1.165, 1.54) is 12.3 Å². The van der Waals surface area contributed by atoms with Crippen molar-refractivity contribution in [3.8, 4) is 0 Å². The van der Waals surface area contributed by atoms with E-state index in [1.807, 2.05) is 6.92 Å². The molecule has 7 heteroatoms. The molecule has 0 amide bonds. The number of pyridine rings is 1. The Morgan fingerprint density at radius 2 is 2.19 bits per heavy atom. The van der Waals surface area contributed by atoms with Gasteiger partial charge in [-0.05, 0) is 32.0 Å². The number of nitrogens with one attached hydrogen (secondary N) is 1. The molecule has 0 saturated heterocycles. The molecule has 0 fully saturated rings. The number of nitrogens with two attached hydrogens (primary N) is 2. The summed E-state index contributed by atoms with van der Waals surface area (Å²) in [6.07, 6.45) is 2.05. The van der Waals surface area contributed by atoms with Crippen molar-refractivity contribution >= 4 is 15.8 Å². The maximum atomic E-state index is 11.0. The van der Waals surface area contributed by atoms with Gasteiger partial charge < -0.3 is 11.1 Å². The molecule has 90 valence electrons. The highest BCUT2D eigenvalue weighted by Gasteiger charge is 2.08. The van der Waals surface area contributed by atoms with E-state index in [1.54, 1.807) is 6.07 Å². The Morgan fingerprint density at radius 1 is 1.50 bits per heavy atom. The predicted octanol–water partition coefficient (Wildman–Crippen LogP) is -0.122. The summed E-state index contributed by atoms with van der Waals surface area (Å²) >= 11 is 0. The van der Waals surface area contributed by atoms with E-state index in [-0.39, 0.29) is 10.9 Å². The number of aromatic nitrogens is 1. The highest BCUT2D eigenvalue weighted by atomic mass is 32.2. The average Bonchev–Trinajstić information content (AvgIpc) is 2.17. The average molecular weight is 244 g/mol. The summed E-state index contributed by atoms with van der Waals surface area (Å²) in [5, 5.41) is 8.05. The smallest absolute Gasteiger partial charge is 0.239 e. The van der Waals surface area contributed by atoms with E-state index in [0.717, 1.165) is 6.42 Å². The lowest BCUT2D eigenvalue weighted by atomic mass is 10.2. The zero-order valence-corrected chi connectivity index (χ0v) is 9.87. The predicted molar refractivity (Wildman–Crippen MR) is 62.4 cm³/mol. The van der Waals surface area contributed by atoms with Gasteiger partial charge in [-0.3, -0.25) is 0 Å². The van der Waals surface area contributed by atoms with Crippen molar-refractivity contribution in [1.29, 1.82) is 0 Å². The maximum absolute atomic E-state index is 11.0. The first-order valence-corrected chi connectivity index (χ1v) is 6.43. The maximum Gasteiger partial charge on any atom is 0.239 e. The molecule has 1 rings (SSSR count). The van der Waals surface area contributed by atoms with Crippen molar-refractivity contribution in [1.82, 2.24) is 4.98 Å². The molecule has 1 atom stereocenters. The minimum Gasteiger partial charge on any atom is -0.368 e. The fourth-order valence-electron chi connectivity index (χ4n) is 1.21. The Hall–Kier alpha value is -1.18. The molecule has 0 aliphatic carbocycles. The largest absolute Gasteiger partial charge is 0.368 e. The van der Waals surface area contributed by atoms with Crippen LogP contribution in [0.1, 0.15) is 13.3 Å². The van der Waals surface area contributed by atoms with Crippen LogP contribution in [0.5, 0.6) is 0 Å². The summed E-state index contributed by atoms with van der Waals surface area (Å²) in [5.74, 6) is 0.605. The molecule has 0 aliphatic rings. The fraction of sp³-hybridized carbons (Fsp3) is 0.444. The van der Waals surface area contributed by atoms with Crippen LogP contribution in [0.15, 0.2) is 23.2 Å². The summed E-state index contributed by atoms with van der Waals surface area (Å²) in [4.78, 5) is 3.96. The number of hydrogen-bond acceptors (Lipinski definition) is 5. The van der Waals surface area contributed by atoms with Gasteiger partial charge in [-0.15, -0.1) is 0 Å². The molecule has 0 aromatic carbocycles. The van der Waals surface area contributed by atoms with Crippen molar-refractivity contribution in [3.63, 3.8) is 0 Å². The minimum atomic E-state index is -3.67. The van der Waals surface area contributed by atoms with Gasteiger partial charge in [-0.1, -0.05) is 0 Å². The van der Waals surface area contributed by atoms with Crippen LogP contribution in [0, 0.1) is 0 Å². The number of hydrogen-bond donors (Lipinski definition) is 3. The lowest BCUT2D eigenvalue weighted by molar-refractivity contribution is 0.597. The highest BCUT2D eigenvalue weighted by Crippen LogP contribution is 2.10. The van der Waals surface area contributed by atoms with Gasteiger partial charge in [0.05, 0.1) is 0 Å². The number of nitrogens with zero attached hydrogens (tertiary/aromatic N) is 1. The van der Waals surface area contributed by atoms with Crippen molar-refractivity contribution in [2.24, 2.45) is 10.9 Å². The Morgan fingerprint density at radius 3 is 2.62 bits per heavy atom. The van der Waals surface area contributed by atoms with E-state index >= 15 is 0 Å². The monoisotopic (exact) mass is 244 g/mol. The first-order chi connectivity index (χ1) is 7.43. The third-order valence-electron chi connectivity index (χ3n) is 2.06. The summed E-state index contributed by atoms with van der Waals surface area (Å²) in [5.41, 5.74) is 5.41. The fourth-order valence-corrected chi connectivity index (χ4v) is 1.67. The molecule has 0 saturated carbocycles.